The van der Waals surface area contributed by atoms with Crippen LogP contribution >= 0.6 is 0 Å². The zero-order valence-corrected chi connectivity index (χ0v) is 17.6. The minimum atomic E-state index is -0.0827. The number of hydrogen-bond acceptors (Lipinski definition) is 1. The van der Waals surface area contributed by atoms with Crippen LogP contribution in [-0.2, 0) is 4.79 Å². The maximum atomic E-state index is 12.1. The van der Waals surface area contributed by atoms with Gasteiger partial charge in [0.15, 0.2) is 0 Å². The summed E-state index contributed by atoms with van der Waals surface area (Å²) >= 11 is 0. The van der Waals surface area contributed by atoms with Crippen molar-refractivity contribution in [2.45, 2.75) is 103 Å². The van der Waals surface area contributed by atoms with Gasteiger partial charge in [0.2, 0.25) is 5.91 Å². The summed E-state index contributed by atoms with van der Waals surface area (Å²) in [5.41, 5.74) is 1.09. The third kappa shape index (κ3) is 12.4. The van der Waals surface area contributed by atoms with Gasteiger partial charge in [0.1, 0.15) is 0 Å². The molecule has 0 aliphatic carbocycles. The third-order valence-corrected chi connectivity index (χ3v) is 5.22. The quantitative estimate of drug-likeness (QED) is 0.223. The molecular formula is C25H41NO. The van der Waals surface area contributed by atoms with Crippen LogP contribution < -0.4 is 5.32 Å². The summed E-state index contributed by atoms with van der Waals surface area (Å²) in [4.78, 5) is 12.1. The molecule has 27 heavy (non-hydrogen) atoms. The van der Waals surface area contributed by atoms with Crippen molar-refractivity contribution in [1.29, 1.82) is 0 Å². The normalized spacial score (nSPS) is 11.9. The van der Waals surface area contributed by atoms with E-state index in [1.165, 1.54) is 70.6 Å². The van der Waals surface area contributed by atoms with Crippen molar-refractivity contribution in [2.75, 3.05) is 0 Å². The molecule has 1 rings (SSSR count). The highest BCUT2D eigenvalue weighted by Gasteiger charge is 2.10. The lowest BCUT2D eigenvalue weighted by molar-refractivity contribution is -0.121. The van der Waals surface area contributed by atoms with Crippen LogP contribution in [0.3, 0.4) is 0 Å². The summed E-state index contributed by atoms with van der Waals surface area (Å²) in [6.45, 7) is 6.12. The van der Waals surface area contributed by atoms with Gasteiger partial charge < -0.3 is 5.32 Å². The molecule has 2 nitrogen and oxygen atoms in total. The zero-order chi connectivity index (χ0) is 19.6. The van der Waals surface area contributed by atoms with E-state index >= 15 is 0 Å². The molecule has 152 valence electrons. The Morgan fingerprint density at radius 2 is 1.33 bits per heavy atom. The van der Waals surface area contributed by atoms with E-state index in [2.05, 4.69) is 18.8 Å². The SMILES string of the molecule is C=CC(NC(=O)CCCCCCCCCCCCCCC)c1ccccc1. The Kier molecular flexibility index (Phi) is 14.4. The molecule has 0 fully saturated rings. The van der Waals surface area contributed by atoms with Gasteiger partial charge in [-0.3, -0.25) is 4.79 Å². The Bertz CT molecular complexity index is 482. The lowest BCUT2D eigenvalue weighted by atomic mass is 10.0. The van der Waals surface area contributed by atoms with Crippen molar-refractivity contribution in [2.24, 2.45) is 0 Å². The standard InChI is InChI=1S/C25H41NO/c1-3-5-6-7-8-9-10-11-12-13-14-15-19-22-25(27)26-24(4-2)23-20-17-16-18-21-23/h4,16-18,20-21,24H,2-3,5-15,19,22H2,1H3,(H,26,27). The first-order chi connectivity index (χ1) is 13.3. The molecule has 1 aromatic carbocycles. The summed E-state index contributed by atoms with van der Waals surface area (Å²) in [6.07, 6.45) is 19.7. The van der Waals surface area contributed by atoms with Crippen molar-refractivity contribution in [1.82, 2.24) is 5.32 Å². The zero-order valence-electron chi connectivity index (χ0n) is 17.6. The van der Waals surface area contributed by atoms with Gasteiger partial charge in [-0.1, -0.05) is 120 Å². The molecule has 2 heteroatoms. The topological polar surface area (TPSA) is 29.1 Å². The lowest BCUT2D eigenvalue weighted by Gasteiger charge is -2.15. The lowest BCUT2D eigenvalue weighted by Crippen LogP contribution is -2.26. The summed E-state index contributed by atoms with van der Waals surface area (Å²) in [6, 6.07) is 9.93. The van der Waals surface area contributed by atoms with Gasteiger partial charge in [0.05, 0.1) is 6.04 Å². The van der Waals surface area contributed by atoms with Gasteiger partial charge in [0, 0.05) is 6.42 Å². The number of hydrogen-bond donors (Lipinski definition) is 1. The molecule has 1 unspecified atom stereocenters. The molecule has 0 saturated carbocycles. The summed E-state index contributed by atoms with van der Waals surface area (Å²) in [7, 11) is 0. The van der Waals surface area contributed by atoms with E-state index in [1.807, 2.05) is 30.3 Å². The molecule has 1 atom stereocenters. The molecule has 0 aliphatic heterocycles. The Morgan fingerprint density at radius 1 is 0.852 bits per heavy atom. The molecule has 0 radical (unpaired) electrons. The average Bonchev–Trinajstić information content (AvgIpc) is 2.70. The van der Waals surface area contributed by atoms with E-state index in [1.54, 1.807) is 6.08 Å². The van der Waals surface area contributed by atoms with Crippen LogP contribution in [0.5, 0.6) is 0 Å². The Labute approximate surface area is 167 Å². The first-order valence-electron chi connectivity index (χ1n) is 11.2. The molecule has 0 heterocycles. The van der Waals surface area contributed by atoms with Crippen molar-refractivity contribution in [3.63, 3.8) is 0 Å². The number of carbonyl (C=O) groups is 1. The van der Waals surface area contributed by atoms with Gasteiger partial charge in [-0.25, -0.2) is 0 Å². The van der Waals surface area contributed by atoms with Crippen LogP contribution in [0.1, 0.15) is 108 Å². The second-order valence-electron chi connectivity index (χ2n) is 7.68. The molecular weight excluding hydrogens is 330 g/mol. The molecule has 0 aromatic heterocycles. The van der Waals surface area contributed by atoms with Gasteiger partial charge in [-0.15, -0.1) is 6.58 Å². The van der Waals surface area contributed by atoms with Gasteiger partial charge in [-0.05, 0) is 12.0 Å². The first-order valence-corrected chi connectivity index (χ1v) is 11.2. The molecule has 1 amide bonds. The fraction of sp³-hybridized carbons (Fsp3) is 0.640. The van der Waals surface area contributed by atoms with E-state index in [0.29, 0.717) is 6.42 Å². The number of nitrogens with one attached hydrogen (secondary N) is 1. The maximum Gasteiger partial charge on any atom is 0.220 e. The van der Waals surface area contributed by atoms with Gasteiger partial charge in [-0.2, -0.15) is 0 Å². The van der Waals surface area contributed by atoms with E-state index in [4.69, 9.17) is 0 Å². The molecule has 0 aliphatic rings. The van der Waals surface area contributed by atoms with E-state index < -0.39 is 0 Å². The Balaban J connectivity index is 1.94. The number of rotatable bonds is 17. The smallest absolute Gasteiger partial charge is 0.220 e. The molecule has 0 spiro atoms. The number of amides is 1. The van der Waals surface area contributed by atoms with Crippen LogP contribution in [0.25, 0.3) is 0 Å². The predicted molar refractivity (Wildman–Crippen MR) is 118 cm³/mol. The fourth-order valence-electron chi connectivity index (χ4n) is 3.49. The van der Waals surface area contributed by atoms with E-state index in [-0.39, 0.29) is 11.9 Å². The minimum Gasteiger partial charge on any atom is -0.346 e. The first kappa shape index (κ1) is 23.5. The average molecular weight is 372 g/mol. The molecule has 1 N–H and O–H groups in total. The second-order valence-corrected chi connectivity index (χ2v) is 7.68. The van der Waals surface area contributed by atoms with E-state index in [0.717, 1.165) is 18.4 Å². The monoisotopic (exact) mass is 371 g/mol. The fourth-order valence-corrected chi connectivity index (χ4v) is 3.49. The van der Waals surface area contributed by atoms with Gasteiger partial charge >= 0.3 is 0 Å². The number of benzene rings is 1. The van der Waals surface area contributed by atoms with Crippen molar-refractivity contribution < 1.29 is 4.79 Å². The predicted octanol–water partition coefficient (Wildman–Crippen LogP) is 7.51. The molecule has 0 saturated heterocycles. The second kappa shape index (κ2) is 16.6. The van der Waals surface area contributed by atoms with Crippen LogP contribution in [0.15, 0.2) is 43.0 Å². The largest absolute Gasteiger partial charge is 0.346 e. The number of unbranched alkanes of at least 4 members (excludes halogenated alkanes) is 12. The molecule has 0 bridgehead atoms. The van der Waals surface area contributed by atoms with Crippen LogP contribution in [-0.4, -0.2) is 5.91 Å². The van der Waals surface area contributed by atoms with Crippen LogP contribution in [0, 0.1) is 0 Å². The highest BCUT2D eigenvalue weighted by atomic mass is 16.1. The Hall–Kier alpha value is -1.57. The number of carbonyl (C=O) groups excluding carboxylic acids is 1. The Morgan fingerprint density at radius 3 is 1.81 bits per heavy atom. The highest BCUT2D eigenvalue weighted by Crippen LogP contribution is 2.15. The summed E-state index contributed by atoms with van der Waals surface area (Å²) in [5.74, 6) is 0.131. The van der Waals surface area contributed by atoms with Gasteiger partial charge in [0.25, 0.3) is 0 Å². The summed E-state index contributed by atoms with van der Waals surface area (Å²) in [5, 5.41) is 3.07. The minimum absolute atomic E-state index is 0.0827. The van der Waals surface area contributed by atoms with Crippen molar-refractivity contribution >= 4 is 5.91 Å². The van der Waals surface area contributed by atoms with Crippen LogP contribution in [0.2, 0.25) is 0 Å². The van der Waals surface area contributed by atoms with Crippen molar-refractivity contribution in [3.8, 4) is 0 Å². The molecule has 1 aromatic rings. The maximum absolute atomic E-state index is 12.1. The third-order valence-electron chi connectivity index (χ3n) is 5.22. The summed E-state index contributed by atoms with van der Waals surface area (Å²) < 4.78 is 0. The van der Waals surface area contributed by atoms with Crippen LogP contribution in [0.4, 0.5) is 0 Å². The van der Waals surface area contributed by atoms with E-state index in [9.17, 15) is 4.79 Å². The van der Waals surface area contributed by atoms with Crippen molar-refractivity contribution in [3.05, 3.63) is 48.6 Å². The highest BCUT2D eigenvalue weighted by molar-refractivity contribution is 5.76.